The molecular formula is C25H22ClNO4S. The fraction of sp³-hybridized carbons (Fsp3) is 0.200. The summed E-state index contributed by atoms with van der Waals surface area (Å²) in [4.78, 5) is 28.0. The first kappa shape index (κ1) is 18.6. The van der Waals surface area contributed by atoms with E-state index in [0.29, 0.717) is 35.2 Å². The third kappa shape index (κ3) is 5.10. The molecule has 2 aromatic carbocycles. The van der Waals surface area contributed by atoms with Gasteiger partial charge in [-0.3, -0.25) is 4.90 Å². The highest BCUT2D eigenvalue weighted by molar-refractivity contribution is 7.14. The van der Waals surface area contributed by atoms with Crippen LogP contribution in [0.25, 0.3) is 6.08 Å². The lowest BCUT2D eigenvalue weighted by molar-refractivity contribution is -0.147. The number of carbonyl (C=O) groups excluding carboxylic acids is 2. The molecule has 164 valence electrons. The predicted octanol–water partition coefficient (Wildman–Crippen LogP) is 5.29. The van der Waals surface area contributed by atoms with Gasteiger partial charge >= 0.3 is 11.9 Å². The van der Waals surface area contributed by atoms with Crippen LogP contribution in [0.4, 0.5) is 0 Å². The molecule has 0 N–H and O–H groups in total. The number of fused-ring (bicyclic) bond motifs is 1. The molecule has 0 saturated heterocycles. The average Bonchev–Trinajstić information content (AvgIpc) is 3.20. The summed E-state index contributed by atoms with van der Waals surface area (Å²) in [6.07, 6.45) is 3.65. The SMILES string of the molecule is [2H]C([2H])([2H])OC(=O)[C@H](c1ccccc1Cl)N1CCc2sc(OC(=O)/C=C/c3ccccc3)cc2C1. The molecule has 0 spiro atoms. The van der Waals surface area contributed by atoms with Crippen molar-refractivity contribution in [3.8, 4) is 5.06 Å². The molecule has 1 aliphatic rings. The average molecular weight is 471 g/mol. The smallest absolute Gasteiger partial charge is 0.336 e. The van der Waals surface area contributed by atoms with Crippen LogP contribution in [0, 0.1) is 0 Å². The predicted molar refractivity (Wildman–Crippen MR) is 126 cm³/mol. The summed E-state index contributed by atoms with van der Waals surface area (Å²) in [5.74, 6) is -1.38. The molecule has 1 atom stereocenters. The second kappa shape index (κ2) is 10.1. The summed E-state index contributed by atoms with van der Waals surface area (Å²) in [7, 11) is -2.87. The number of benzene rings is 2. The van der Waals surface area contributed by atoms with Gasteiger partial charge < -0.3 is 9.47 Å². The van der Waals surface area contributed by atoms with Crippen molar-refractivity contribution in [3.63, 3.8) is 0 Å². The number of ether oxygens (including phenoxy) is 2. The molecule has 0 aliphatic carbocycles. The summed E-state index contributed by atoms with van der Waals surface area (Å²) in [6, 6.07) is 17.0. The monoisotopic (exact) mass is 470 g/mol. The van der Waals surface area contributed by atoms with Crippen LogP contribution < -0.4 is 4.74 Å². The quantitative estimate of drug-likeness (QED) is 0.362. The van der Waals surface area contributed by atoms with Crippen LogP contribution in [0.2, 0.25) is 5.02 Å². The van der Waals surface area contributed by atoms with Gasteiger partial charge in [0.15, 0.2) is 5.06 Å². The molecular weight excluding hydrogens is 446 g/mol. The molecule has 4 rings (SSSR count). The van der Waals surface area contributed by atoms with Gasteiger partial charge in [0.2, 0.25) is 0 Å². The molecule has 1 aliphatic heterocycles. The first-order valence-corrected chi connectivity index (χ1v) is 11.2. The van der Waals surface area contributed by atoms with Gasteiger partial charge in [-0.2, -0.15) is 0 Å². The number of esters is 2. The van der Waals surface area contributed by atoms with E-state index in [0.717, 1.165) is 16.0 Å². The summed E-state index contributed by atoms with van der Waals surface area (Å²) in [5.41, 5.74) is 2.26. The Morgan fingerprint density at radius 2 is 1.97 bits per heavy atom. The fourth-order valence-corrected chi connectivity index (χ4v) is 4.94. The number of rotatable bonds is 6. The first-order valence-electron chi connectivity index (χ1n) is 11.5. The Hall–Kier alpha value is -2.93. The van der Waals surface area contributed by atoms with E-state index in [2.05, 4.69) is 0 Å². The van der Waals surface area contributed by atoms with E-state index in [1.165, 1.54) is 17.4 Å². The van der Waals surface area contributed by atoms with E-state index in [1.54, 1.807) is 36.4 Å². The highest BCUT2D eigenvalue weighted by atomic mass is 35.5. The van der Waals surface area contributed by atoms with E-state index in [4.69, 9.17) is 25.2 Å². The molecule has 5 nitrogen and oxygen atoms in total. The number of thiophene rings is 1. The van der Waals surface area contributed by atoms with Crippen LogP contribution in [0.5, 0.6) is 5.06 Å². The second-order valence-electron chi connectivity index (χ2n) is 7.24. The van der Waals surface area contributed by atoms with Gasteiger partial charge in [-0.25, -0.2) is 9.59 Å². The largest absolute Gasteiger partial charge is 0.468 e. The van der Waals surface area contributed by atoms with Crippen molar-refractivity contribution >= 4 is 41.0 Å². The number of hydrogen-bond acceptors (Lipinski definition) is 6. The molecule has 32 heavy (non-hydrogen) atoms. The Kier molecular flexibility index (Phi) is 5.89. The van der Waals surface area contributed by atoms with Crippen molar-refractivity contribution in [1.82, 2.24) is 4.90 Å². The maximum Gasteiger partial charge on any atom is 0.336 e. The van der Waals surface area contributed by atoms with Crippen molar-refractivity contribution in [1.29, 1.82) is 0 Å². The van der Waals surface area contributed by atoms with Crippen LogP contribution in [0.15, 0.2) is 66.7 Å². The molecule has 0 bridgehead atoms. The van der Waals surface area contributed by atoms with Gasteiger partial charge in [-0.05, 0) is 41.3 Å². The van der Waals surface area contributed by atoms with Crippen molar-refractivity contribution < 1.29 is 23.2 Å². The van der Waals surface area contributed by atoms with E-state index < -0.39 is 25.0 Å². The van der Waals surface area contributed by atoms with Gasteiger partial charge in [0.1, 0.15) is 6.04 Å². The topological polar surface area (TPSA) is 55.8 Å². The molecule has 0 unspecified atom stereocenters. The van der Waals surface area contributed by atoms with Gasteiger partial charge in [-0.1, -0.05) is 60.1 Å². The maximum atomic E-state index is 12.9. The van der Waals surface area contributed by atoms with Gasteiger partial charge in [0.25, 0.3) is 0 Å². The Balaban J connectivity index is 1.51. The summed E-state index contributed by atoms with van der Waals surface area (Å²) in [5, 5.41) is 0.801. The van der Waals surface area contributed by atoms with Crippen LogP contribution in [0.3, 0.4) is 0 Å². The molecule has 7 heteroatoms. The fourth-order valence-electron chi connectivity index (χ4n) is 3.69. The van der Waals surface area contributed by atoms with Crippen molar-refractivity contribution in [2.45, 2.75) is 19.0 Å². The highest BCUT2D eigenvalue weighted by Crippen LogP contribution is 2.37. The van der Waals surface area contributed by atoms with Crippen molar-refractivity contribution in [3.05, 3.63) is 93.3 Å². The van der Waals surface area contributed by atoms with E-state index >= 15 is 0 Å². The number of methoxy groups -OCH3 is 1. The first-order chi connectivity index (χ1) is 16.7. The molecule has 0 radical (unpaired) electrons. The van der Waals surface area contributed by atoms with Crippen LogP contribution in [-0.2, 0) is 27.3 Å². The Labute approximate surface area is 200 Å². The minimum atomic E-state index is -2.87. The van der Waals surface area contributed by atoms with Crippen LogP contribution in [-0.4, -0.2) is 30.4 Å². The number of halogens is 1. The number of hydrogen-bond donors (Lipinski definition) is 0. The molecule has 0 fully saturated rings. The molecule has 1 aromatic heterocycles. The number of carbonyl (C=O) groups is 2. The Morgan fingerprint density at radius 1 is 1.19 bits per heavy atom. The lowest BCUT2D eigenvalue weighted by Gasteiger charge is -2.33. The molecule has 0 saturated carbocycles. The Bertz CT molecular complexity index is 1240. The summed E-state index contributed by atoms with van der Waals surface area (Å²) < 4.78 is 32.3. The van der Waals surface area contributed by atoms with E-state index in [9.17, 15) is 9.59 Å². The van der Waals surface area contributed by atoms with E-state index in [1.807, 2.05) is 35.2 Å². The van der Waals surface area contributed by atoms with Gasteiger partial charge in [0, 0.05) is 29.1 Å². The van der Waals surface area contributed by atoms with Crippen molar-refractivity contribution in [2.75, 3.05) is 13.6 Å². The molecule has 3 aromatic rings. The number of nitrogens with zero attached hydrogens (tertiary/aromatic N) is 1. The second-order valence-corrected chi connectivity index (χ2v) is 8.75. The zero-order valence-corrected chi connectivity index (χ0v) is 18.6. The molecule has 0 amide bonds. The van der Waals surface area contributed by atoms with E-state index in [-0.39, 0.29) is 0 Å². The van der Waals surface area contributed by atoms with Crippen LogP contribution in [0.1, 0.15) is 31.7 Å². The Morgan fingerprint density at radius 3 is 2.75 bits per heavy atom. The normalized spacial score (nSPS) is 16.5. The van der Waals surface area contributed by atoms with Crippen LogP contribution >= 0.6 is 22.9 Å². The third-order valence-corrected chi connectivity index (χ3v) is 6.63. The highest BCUT2D eigenvalue weighted by Gasteiger charge is 2.33. The standard InChI is InChI=1S/C25H22ClNO4S/c1-30-25(29)24(19-9-5-6-10-20(19)26)27-14-13-21-18(16-27)15-23(32-21)31-22(28)12-11-17-7-3-2-4-8-17/h2-12,15,24H,13-14,16H2,1H3/b12-11+/t24-/m0/s1/i1D3. The lowest BCUT2D eigenvalue weighted by Crippen LogP contribution is -2.38. The minimum absolute atomic E-state index is 0.342. The summed E-state index contributed by atoms with van der Waals surface area (Å²) >= 11 is 7.73. The van der Waals surface area contributed by atoms with Gasteiger partial charge in [-0.15, -0.1) is 11.3 Å². The zero-order chi connectivity index (χ0) is 25.0. The van der Waals surface area contributed by atoms with Crippen molar-refractivity contribution in [2.24, 2.45) is 0 Å². The third-order valence-electron chi connectivity index (χ3n) is 5.17. The van der Waals surface area contributed by atoms with Gasteiger partial charge in [0.05, 0.1) is 11.2 Å². The maximum absolute atomic E-state index is 12.9. The lowest BCUT2D eigenvalue weighted by atomic mass is 10.0. The zero-order valence-electron chi connectivity index (χ0n) is 20.0. The molecule has 2 heterocycles. The minimum Gasteiger partial charge on any atom is -0.468 e. The summed E-state index contributed by atoms with van der Waals surface area (Å²) in [6.45, 7) is 0.816.